The summed E-state index contributed by atoms with van der Waals surface area (Å²) in [5.41, 5.74) is 15.6. The molecule has 0 saturated carbocycles. The van der Waals surface area contributed by atoms with E-state index in [1.54, 1.807) is 12.1 Å². The molecule has 6 aromatic carbocycles. The van der Waals surface area contributed by atoms with E-state index in [-0.39, 0.29) is 62.5 Å². The number of imidazole rings is 1. The first-order valence-corrected chi connectivity index (χ1v) is 21.8. The first kappa shape index (κ1) is 43.7. The van der Waals surface area contributed by atoms with Gasteiger partial charge in [0.2, 0.25) is 0 Å². The van der Waals surface area contributed by atoms with Crippen LogP contribution in [0, 0.1) is 27.3 Å². The number of pyridine rings is 1. The van der Waals surface area contributed by atoms with E-state index in [0.717, 1.165) is 78.0 Å². The molecule has 0 radical (unpaired) electrons. The zero-order valence-corrected chi connectivity index (χ0v) is 41.7. The van der Waals surface area contributed by atoms with Crippen LogP contribution in [0.25, 0.3) is 72.7 Å². The summed E-state index contributed by atoms with van der Waals surface area (Å²) >= 11 is 0. The topological polar surface area (TPSA) is 50.9 Å². The van der Waals surface area contributed by atoms with Crippen LogP contribution in [0.2, 0.25) is 0 Å². The third-order valence-corrected chi connectivity index (χ3v) is 12.1. The number of hydrogen-bond donors (Lipinski definition) is 1. The molecule has 2 aromatic heterocycles. The van der Waals surface area contributed by atoms with Gasteiger partial charge < -0.3 is 12.5 Å². The van der Waals surface area contributed by atoms with E-state index >= 15 is 0 Å². The van der Waals surface area contributed by atoms with Crippen LogP contribution >= 0.6 is 0 Å². The van der Waals surface area contributed by atoms with Crippen molar-refractivity contribution >= 4 is 11.0 Å². The maximum absolute atomic E-state index is 12.3. The van der Waals surface area contributed by atoms with Crippen molar-refractivity contribution < 1.29 is 30.3 Å². The Morgan fingerprint density at radius 3 is 1.94 bits per heavy atom. The summed E-state index contributed by atoms with van der Waals surface area (Å²) < 4.78 is 27.5. The van der Waals surface area contributed by atoms with Gasteiger partial charge in [-0.25, -0.2) is 4.98 Å². The van der Waals surface area contributed by atoms with Crippen molar-refractivity contribution in [2.24, 2.45) is 0 Å². The molecule has 0 fully saturated rings. The first-order valence-electron chi connectivity index (χ1n) is 23.3. The van der Waals surface area contributed by atoms with Gasteiger partial charge in [-0.05, 0) is 100 Å². The van der Waals surface area contributed by atoms with E-state index in [1.165, 1.54) is 11.1 Å². The molecule has 0 bridgehead atoms. The van der Waals surface area contributed by atoms with Gasteiger partial charge in [-0.15, -0.1) is 29.3 Å². The molecular weight excluding hydrogens is 962 g/mol. The molecule has 8 aromatic rings. The number of aromatic nitrogens is 3. The number of benzene rings is 6. The summed E-state index contributed by atoms with van der Waals surface area (Å²) in [5.74, 6) is 0.966. The SMILES string of the molecule is [2H]C([2H])([2H])c1ccc(-n2c(-c3cc(C(C)C)cc(C(C)C)c3O)nc3c(-c4[c-]c(-c5cc(-c6ccc(C)cc6)ccn5)cc(C(C)(C)C)c4)cccc32)c(-c2ccc(C(C)(C)C)cc2)c1.[CH3-].[Pt+2]. The summed E-state index contributed by atoms with van der Waals surface area (Å²) in [7, 11) is 0. The Labute approximate surface area is 401 Å². The molecule has 0 saturated heterocycles. The van der Waals surface area contributed by atoms with Crippen LogP contribution in [0.15, 0.2) is 128 Å². The van der Waals surface area contributed by atoms with Gasteiger partial charge in [-0.3, -0.25) is 9.55 Å². The quantitative estimate of drug-likeness (QED) is 0.154. The van der Waals surface area contributed by atoms with Gasteiger partial charge in [-0.2, -0.15) is 0 Å². The molecule has 8 rings (SSSR count). The van der Waals surface area contributed by atoms with Crippen molar-refractivity contribution in [3.63, 3.8) is 0 Å². The monoisotopic (exact) mass is 1030 g/mol. The summed E-state index contributed by atoms with van der Waals surface area (Å²) in [5, 5.41) is 12.3. The van der Waals surface area contributed by atoms with E-state index in [2.05, 4.69) is 178 Å². The molecule has 1 N–H and O–H groups in total. The molecule has 0 aliphatic carbocycles. The van der Waals surface area contributed by atoms with Crippen LogP contribution in [0.1, 0.15) is 119 Å². The zero-order valence-electron chi connectivity index (χ0n) is 42.4. The average molecular weight is 1030 g/mol. The fourth-order valence-electron chi connectivity index (χ4n) is 8.27. The van der Waals surface area contributed by atoms with Gasteiger partial charge in [0.25, 0.3) is 0 Å². The molecule has 4 nitrogen and oxygen atoms in total. The van der Waals surface area contributed by atoms with Crippen molar-refractivity contribution in [2.45, 2.75) is 106 Å². The molecule has 0 unspecified atom stereocenters. The second kappa shape index (κ2) is 18.5. The number of rotatable bonds is 8. The van der Waals surface area contributed by atoms with E-state index in [1.807, 2.05) is 24.4 Å². The third-order valence-electron chi connectivity index (χ3n) is 12.1. The molecule has 0 aliphatic rings. The molecular formula is C59H63N3OPt. The largest absolute Gasteiger partial charge is 2.00 e. The van der Waals surface area contributed by atoms with Crippen molar-refractivity contribution in [1.29, 1.82) is 0 Å². The Kier molecular flexibility index (Phi) is 12.6. The number of nitrogens with zero attached hydrogens (tertiary/aromatic N) is 3. The summed E-state index contributed by atoms with van der Waals surface area (Å²) in [4.78, 5) is 10.4. The minimum atomic E-state index is -2.33. The van der Waals surface area contributed by atoms with E-state index in [9.17, 15) is 5.11 Å². The van der Waals surface area contributed by atoms with Gasteiger partial charge in [0, 0.05) is 21.6 Å². The molecule has 64 heavy (non-hydrogen) atoms. The van der Waals surface area contributed by atoms with Crippen molar-refractivity contribution in [2.75, 3.05) is 0 Å². The second-order valence-corrected chi connectivity index (χ2v) is 19.6. The summed E-state index contributed by atoms with van der Waals surface area (Å²) in [6, 6.07) is 45.1. The number of phenols is 1. The first-order chi connectivity index (χ1) is 30.6. The minimum Gasteiger partial charge on any atom is -0.507 e. The van der Waals surface area contributed by atoms with Crippen LogP contribution in [0.5, 0.6) is 5.75 Å². The Morgan fingerprint density at radius 1 is 0.641 bits per heavy atom. The fraction of sp³-hybridized carbons (Fsp3) is 0.271. The van der Waals surface area contributed by atoms with Crippen LogP contribution < -0.4 is 0 Å². The van der Waals surface area contributed by atoms with Crippen LogP contribution in [0.4, 0.5) is 0 Å². The van der Waals surface area contributed by atoms with Crippen molar-refractivity contribution in [3.05, 3.63) is 174 Å². The number of hydrogen-bond acceptors (Lipinski definition) is 3. The smallest absolute Gasteiger partial charge is 0.507 e. The molecule has 0 spiro atoms. The number of fused-ring (bicyclic) bond motifs is 1. The summed E-state index contributed by atoms with van der Waals surface area (Å²) in [6.07, 6.45) is 1.87. The Bertz CT molecular complexity index is 3060. The minimum absolute atomic E-state index is 0. The van der Waals surface area contributed by atoms with Gasteiger partial charge in [0.1, 0.15) is 11.6 Å². The van der Waals surface area contributed by atoms with Crippen molar-refractivity contribution in [1.82, 2.24) is 14.5 Å². The van der Waals surface area contributed by atoms with Gasteiger partial charge in [-0.1, -0.05) is 170 Å². The normalized spacial score (nSPS) is 12.7. The number of phenolic OH excluding ortho intramolecular Hbond substituents is 1. The van der Waals surface area contributed by atoms with E-state index in [0.29, 0.717) is 11.4 Å². The third kappa shape index (κ3) is 9.45. The maximum atomic E-state index is 12.3. The molecule has 0 atom stereocenters. The second-order valence-electron chi connectivity index (χ2n) is 19.6. The van der Waals surface area contributed by atoms with Gasteiger partial charge in [0.15, 0.2) is 0 Å². The average Bonchev–Trinajstić information content (AvgIpc) is 3.65. The molecule has 0 aliphatic heterocycles. The standard InChI is InChI=1S/C58H60N3O.CH3.Pt/c1-35(2)42-32-48(36(3)4)55(62)50(33-42)56-60-54-47(14-13-15-53(54)61(56)52-25-18-38(6)28-49(52)40-21-23-45(24-22-40)57(7,8)9)43-29-44(31-46(30-43)58(10,11)12)51-34-41(26-27-59-51)39-19-16-37(5)17-20-39;;/h13-28,30-36,62H,1-12H3;1H3;/q2*-1;+2/i6D3;;. The van der Waals surface area contributed by atoms with E-state index < -0.39 is 6.85 Å². The van der Waals surface area contributed by atoms with Crippen LogP contribution in [0.3, 0.4) is 0 Å². The number of para-hydroxylation sites is 1. The predicted molar refractivity (Wildman–Crippen MR) is 268 cm³/mol. The molecule has 2 heterocycles. The van der Waals surface area contributed by atoms with Gasteiger partial charge in [0.05, 0.1) is 22.3 Å². The van der Waals surface area contributed by atoms with Gasteiger partial charge >= 0.3 is 21.1 Å². The number of aromatic hydroxyl groups is 1. The van der Waals surface area contributed by atoms with E-state index in [4.69, 9.17) is 14.1 Å². The fourth-order valence-corrected chi connectivity index (χ4v) is 8.27. The maximum Gasteiger partial charge on any atom is 2.00 e. The summed E-state index contributed by atoms with van der Waals surface area (Å²) in [6.45, 7) is 21.5. The van der Waals surface area contributed by atoms with Crippen LogP contribution in [-0.4, -0.2) is 19.6 Å². The zero-order chi connectivity index (χ0) is 46.7. The molecule has 0 amide bonds. The Balaban J connectivity index is 0.00000370. The predicted octanol–water partition coefficient (Wildman–Crippen LogP) is 16.2. The van der Waals surface area contributed by atoms with Crippen molar-refractivity contribution in [3.8, 4) is 67.5 Å². The molecule has 5 heteroatoms. The van der Waals surface area contributed by atoms with Crippen LogP contribution in [-0.2, 0) is 31.9 Å². The number of aryl methyl sites for hydroxylation is 2. The molecule has 330 valence electrons. The Hall–Kier alpha value is -5.57. The Morgan fingerprint density at radius 2 is 1.30 bits per heavy atom.